The van der Waals surface area contributed by atoms with E-state index in [2.05, 4.69) is 63.0 Å². The van der Waals surface area contributed by atoms with E-state index in [4.69, 9.17) is 4.98 Å². The molecule has 0 unspecified atom stereocenters. The highest BCUT2D eigenvalue weighted by molar-refractivity contribution is 8.00. The van der Waals surface area contributed by atoms with E-state index in [1.807, 2.05) is 30.4 Å². The van der Waals surface area contributed by atoms with Crippen LogP contribution >= 0.6 is 11.8 Å². The van der Waals surface area contributed by atoms with E-state index in [0.29, 0.717) is 0 Å². The van der Waals surface area contributed by atoms with Gasteiger partial charge in [-0.15, -0.1) is 11.8 Å². The second-order valence-electron chi connectivity index (χ2n) is 7.92. The van der Waals surface area contributed by atoms with Crippen LogP contribution in [0, 0.1) is 0 Å². The van der Waals surface area contributed by atoms with E-state index in [1.54, 1.807) is 0 Å². The number of benzene rings is 1. The molecule has 3 heterocycles. The third-order valence-corrected chi connectivity index (χ3v) is 6.92. The Labute approximate surface area is 152 Å². The van der Waals surface area contributed by atoms with Crippen molar-refractivity contribution in [2.45, 2.75) is 42.8 Å². The molecular weight excluding hydrogens is 324 g/mol. The van der Waals surface area contributed by atoms with Gasteiger partial charge >= 0.3 is 0 Å². The van der Waals surface area contributed by atoms with E-state index in [9.17, 15) is 0 Å². The van der Waals surface area contributed by atoms with Gasteiger partial charge in [-0.25, -0.2) is 0 Å². The van der Waals surface area contributed by atoms with Gasteiger partial charge in [-0.05, 0) is 54.3 Å². The topological polar surface area (TPSA) is 25.8 Å². The van der Waals surface area contributed by atoms with Crippen LogP contribution in [0.15, 0.2) is 53.8 Å². The first kappa shape index (κ1) is 15.2. The number of nitrogens with zero attached hydrogens (tertiary/aromatic N) is 2. The molecule has 0 spiro atoms. The molecule has 0 fully saturated rings. The first-order valence-corrected chi connectivity index (χ1v) is 9.50. The van der Waals surface area contributed by atoms with Crippen LogP contribution in [0.25, 0.3) is 22.4 Å². The van der Waals surface area contributed by atoms with Crippen LogP contribution in [0.2, 0.25) is 0 Å². The number of fused-ring (bicyclic) bond motifs is 7. The zero-order valence-corrected chi connectivity index (χ0v) is 15.7. The monoisotopic (exact) mass is 344 g/mol. The van der Waals surface area contributed by atoms with Crippen LogP contribution in [0.3, 0.4) is 0 Å². The molecule has 0 bridgehead atoms. The standard InChI is InChI=1S/C22H20N2S/c1-21(2)15-6-5-10-24-20(15)14-7-8-17-18(19(14)21)13-9-11-23-12-16(13)22(3,4)25-17/h5-12H,1-4H3. The van der Waals surface area contributed by atoms with Gasteiger partial charge in [0.05, 0.1) is 5.69 Å². The average molecular weight is 344 g/mol. The number of aromatic nitrogens is 2. The number of hydrogen-bond donors (Lipinski definition) is 0. The van der Waals surface area contributed by atoms with E-state index >= 15 is 0 Å². The zero-order chi connectivity index (χ0) is 17.4. The largest absolute Gasteiger partial charge is 0.264 e. The molecule has 25 heavy (non-hydrogen) atoms. The first-order chi connectivity index (χ1) is 11.9. The molecule has 0 amide bonds. The quantitative estimate of drug-likeness (QED) is 0.516. The van der Waals surface area contributed by atoms with Gasteiger partial charge < -0.3 is 0 Å². The Morgan fingerprint density at radius 2 is 1.72 bits per heavy atom. The van der Waals surface area contributed by atoms with Gasteiger partial charge in [0.15, 0.2) is 0 Å². The van der Waals surface area contributed by atoms with Crippen molar-refractivity contribution in [2.24, 2.45) is 0 Å². The molecule has 0 N–H and O–H groups in total. The molecule has 0 radical (unpaired) electrons. The molecular formula is C22H20N2S. The van der Waals surface area contributed by atoms with Gasteiger partial charge in [0.2, 0.25) is 0 Å². The van der Waals surface area contributed by atoms with Gasteiger partial charge in [-0.1, -0.05) is 26.0 Å². The third kappa shape index (κ3) is 1.87. The molecule has 5 rings (SSSR count). The summed E-state index contributed by atoms with van der Waals surface area (Å²) in [5, 5.41) is 0. The lowest BCUT2D eigenvalue weighted by atomic mass is 9.77. The number of rotatable bonds is 0. The van der Waals surface area contributed by atoms with Crippen LogP contribution in [0.1, 0.15) is 44.4 Å². The van der Waals surface area contributed by atoms with Crippen molar-refractivity contribution in [1.82, 2.24) is 9.97 Å². The van der Waals surface area contributed by atoms with Gasteiger partial charge in [0.1, 0.15) is 0 Å². The van der Waals surface area contributed by atoms with E-state index in [-0.39, 0.29) is 10.2 Å². The maximum Gasteiger partial charge on any atom is 0.0746 e. The second kappa shape index (κ2) is 4.73. The van der Waals surface area contributed by atoms with Crippen LogP contribution in [-0.4, -0.2) is 9.97 Å². The van der Waals surface area contributed by atoms with Crippen molar-refractivity contribution in [2.75, 3.05) is 0 Å². The lowest BCUT2D eigenvalue weighted by Crippen LogP contribution is -2.22. The number of pyridine rings is 2. The molecule has 0 saturated heterocycles. The Hall–Kier alpha value is -2.13. The van der Waals surface area contributed by atoms with Crippen molar-refractivity contribution < 1.29 is 0 Å². The van der Waals surface area contributed by atoms with E-state index in [1.165, 1.54) is 38.3 Å². The fraction of sp³-hybridized carbons (Fsp3) is 0.273. The summed E-state index contributed by atoms with van der Waals surface area (Å²) < 4.78 is 0.0265. The lowest BCUT2D eigenvalue weighted by Gasteiger charge is -2.36. The lowest BCUT2D eigenvalue weighted by molar-refractivity contribution is 0.657. The fourth-order valence-corrected chi connectivity index (χ4v) is 5.74. The predicted molar refractivity (Wildman–Crippen MR) is 104 cm³/mol. The summed E-state index contributed by atoms with van der Waals surface area (Å²) in [7, 11) is 0. The molecule has 124 valence electrons. The highest BCUT2D eigenvalue weighted by atomic mass is 32.2. The summed E-state index contributed by atoms with van der Waals surface area (Å²) in [5.41, 5.74) is 9.12. The molecule has 3 heteroatoms. The normalized spacial score (nSPS) is 18.1. The highest BCUT2D eigenvalue weighted by Gasteiger charge is 2.42. The minimum Gasteiger partial charge on any atom is -0.264 e. The SMILES string of the molecule is CC1(C)Sc2ccc3c(c2-c2ccncc21)C(C)(C)c1cccnc1-3. The van der Waals surface area contributed by atoms with Gasteiger partial charge in [-0.2, -0.15) is 0 Å². The Balaban J connectivity index is 1.90. The van der Waals surface area contributed by atoms with Crippen molar-refractivity contribution in [3.8, 4) is 22.4 Å². The molecule has 2 aliphatic rings. The third-order valence-electron chi connectivity index (χ3n) is 5.63. The Kier molecular flexibility index (Phi) is 2.87. The first-order valence-electron chi connectivity index (χ1n) is 8.68. The fourth-order valence-electron chi connectivity index (χ4n) is 4.46. The molecule has 1 aliphatic heterocycles. The van der Waals surface area contributed by atoms with Gasteiger partial charge in [0.25, 0.3) is 0 Å². The second-order valence-corrected chi connectivity index (χ2v) is 9.58. The van der Waals surface area contributed by atoms with E-state index in [0.717, 1.165) is 5.69 Å². The van der Waals surface area contributed by atoms with Crippen LogP contribution < -0.4 is 0 Å². The van der Waals surface area contributed by atoms with Crippen LogP contribution in [0.5, 0.6) is 0 Å². The van der Waals surface area contributed by atoms with Crippen LogP contribution in [0.4, 0.5) is 0 Å². The molecule has 2 aromatic heterocycles. The Bertz CT molecular complexity index is 1030. The van der Waals surface area contributed by atoms with Gasteiger partial charge in [0, 0.05) is 44.8 Å². The van der Waals surface area contributed by atoms with Crippen LogP contribution in [-0.2, 0) is 10.2 Å². The maximum absolute atomic E-state index is 4.71. The number of hydrogen-bond acceptors (Lipinski definition) is 3. The average Bonchev–Trinajstić information content (AvgIpc) is 2.83. The van der Waals surface area contributed by atoms with E-state index < -0.39 is 0 Å². The minimum atomic E-state index is -0.0488. The summed E-state index contributed by atoms with van der Waals surface area (Å²) in [5.74, 6) is 0. The summed E-state index contributed by atoms with van der Waals surface area (Å²) in [4.78, 5) is 10.5. The minimum absolute atomic E-state index is 0.0265. The zero-order valence-electron chi connectivity index (χ0n) is 14.9. The molecule has 0 saturated carbocycles. The summed E-state index contributed by atoms with van der Waals surface area (Å²) in [6.45, 7) is 9.22. The van der Waals surface area contributed by atoms with Crippen molar-refractivity contribution in [1.29, 1.82) is 0 Å². The van der Waals surface area contributed by atoms with Crippen molar-refractivity contribution in [3.63, 3.8) is 0 Å². The van der Waals surface area contributed by atoms with Crippen molar-refractivity contribution in [3.05, 3.63) is 65.6 Å². The summed E-state index contributed by atoms with van der Waals surface area (Å²) in [6.07, 6.45) is 5.86. The smallest absolute Gasteiger partial charge is 0.0746 e. The molecule has 0 atom stereocenters. The molecule has 1 aliphatic carbocycles. The summed E-state index contributed by atoms with van der Waals surface area (Å²) >= 11 is 1.94. The number of thioether (sulfide) groups is 1. The predicted octanol–water partition coefficient (Wildman–Crippen LogP) is 5.79. The molecule has 3 aromatic rings. The molecule has 2 nitrogen and oxygen atoms in total. The van der Waals surface area contributed by atoms with Crippen molar-refractivity contribution >= 4 is 11.8 Å². The summed E-state index contributed by atoms with van der Waals surface area (Å²) in [6, 6.07) is 11.0. The Morgan fingerprint density at radius 1 is 0.880 bits per heavy atom. The molecule has 1 aromatic carbocycles. The highest BCUT2D eigenvalue weighted by Crippen LogP contribution is 2.59. The Morgan fingerprint density at radius 3 is 2.56 bits per heavy atom. The van der Waals surface area contributed by atoms with Gasteiger partial charge in [-0.3, -0.25) is 9.97 Å². The maximum atomic E-state index is 4.71.